The van der Waals surface area contributed by atoms with Crippen LogP contribution in [0.2, 0.25) is 0 Å². The molecule has 0 radical (unpaired) electrons. The summed E-state index contributed by atoms with van der Waals surface area (Å²) in [7, 11) is 0. The third-order valence-corrected chi connectivity index (χ3v) is 6.14. The van der Waals surface area contributed by atoms with Gasteiger partial charge in [0.1, 0.15) is 4.88 Å². The van der Waals surface area contributed by atoms with E-state index < -0.39 is 5.97 Å². The van der Waals surface area contributed by atoms with Gasteiger partial charge >= 0.3 is 5.97 Å². The van der Waals surface area contributed by atoms with Crippen LogP contribution >= 0.6 is 11.3 Å². The van der Waals surface area contributed by atoms with Crippen molar-refractivity contribution >= 4 is 28.9 Å². The van der Waals surface area contributed by atoms with Crippen LogP contribution < -0.4 is 5.32 Å². The summed E-state index contributed by atoms with van der Waals surface area (Å²) < 4.78 is 5.26. The highest BCUT2D eigenvalue weighted by molar-refractivity contribution is 7.14. The topological polar surface area (TPSA) is 55.4 Å². The molecule has 0 spiro atoms. The number of thiophene rings is 1. The predicted octanol–water partition coefficient (Wildman–Crippen LogP) is 5.28. The summed E-state index contributed by atoms with van der Waals surface area (Å²) in [5.41, 5.74) is 4.29. The molecule has 1 aromatic carbocycles. The molecule has 0 fully saturated rings. The molecule has 0 atom stereocenters. The van der Waals surface area contributed by atoms with E-state index in [1.807, 2.05) is 24.3 Å². The molecule has 27 heavy (non-hydrogen) atoms. The maximum absolute atomic E-state index is 12.5. The molecule has 144 valence electrons. The summed E-state index contributed by atoms with van der Waals surface area (Å²) in [5, 5.41) is 2.97. The fraction of sp³-hybridized carbons (Fsp3) is 0.455. The van der Waals surface area contributed by atoms with Crippen molar-refractivity contribution in [2.24, 2.45) is 0 Å². The highest BCUT2D eigenvalue weighted by Crippen LogP contribution is 2.33. The van der Waals surface area contributed by atoms with E-state index in [2.05, 4.69) is 33.0 Å². The van der Waals surface area contributed by atoms with Crippen LogP contribution in [0.5, 0.6) is 0 Å². The van der Waals surface area contributed by atoms with Gasteiger partial charge in [-0.3, -0.25) is 4.79 Å². The van der Waals surface area contributed by atoms with Crippen molar-refractivity contribution < 1.29 is 14.3 Å². The summed E-state index contributed by atoms with van der Waals surface area (Å²) >= 11 is 1.49. The summed E-state index contributed by atoms with van der Waals surface area (Å²) in [4.78, 5) is 26.6. The first-order chi connectivity index (χ1) is 12.9. The van der Waals surface area contributed by atoms with E-state index in [1.165, 1.54) is 21.8 Å². The molecule has 1 N–H and O–H groups in total. The number of benzene rings is 1. The van der Waals surface area contributed by atoms with Crippen molar-refractivity contribution in [3.8, 4) is 0 Å². The predicted molar refractivity (Wildman–Crippen MR) is 110 cm³/mol. The number of carbonyl (C=O) groups excluding carboxylic acids is 2. The molecule has 0 unspecified atom stereocenters. The lowest BCUT2D eigenvalue weighted by atomic mass is 9.92. The maximum Gasteiger partial charge on any atom is 0.348 e. The number of rotatable bonds is 6. The first kappa shape index (κ1) is 19.6. The number of hydrogen-bond donors (Lipinski definition) is 1. The Bertz CT molecular complexity index is 803. The van der Waals surface area contributed by atoms with Gasteiger partial charge in [-0.2, -0.15) is 0 Å². The standard InChI is InChI=1S/C22H27NO3S/c1-13(2)16-8-6-9-17(14(3)4)21(16)23-20(24)12-26-22(25)19-11-15-7-5-10-18(15)27-19/h6,8-9,11,13-14H,5,7,10,12H2,1-4H3,(H,23,24). The van der Waals surface area contributed by atoms with Gasteiger partial charge in [0.2, 0.25) is 0 Å². The van der Waals surface area contributed by atoms with Crippen LogP contribution in [0.1, 0.15) is 77.2 Å². The van der Waals surface area contributed by atoms with Crippen molar-refractivity contribution in [3.63, 3.8) is 0 Å². The van der Waals surface area contributed by atoms with E-state index in [4.69, 9.17) is 4.74 Å². The average Bonchev–Trinajstić information content (AvgIpc) is 3.21. The van der Waals surface area contributed by atoms with Gasteiger partial charge in [-0.15, -0.1) is 11.3 Å². The van der Waals surface area contributed by atoms with Crippen LogP contribution in [0.4, 0.5) is 5.69 Å². The Hall–Kier alpha value is -2.14. The van der Waals surface area contributed by atoms with Crippen molar-refractivity contribution in [3.05, 3.63) is 50.7 Å². The van der Waals surface area contributed by atoms with E-state index in [9.17, 15) is 9.59 Å². The van der Waals surface area contributed by atoms with Crippen molar-refractivity contribution in [2.45, 2.75) is 58.8 Å². The Kier molecular flexibility index (Phi) is 6.00. The Morgan fingerprint density at radius 1 is 1.11 bits per heavy atom. The third-order valence-electron chi connectivity index (χ3n) is 4.92. The SMILES string of the molecule is CC(C)c1cccc(C(C)C)c1NC(=O)COC(=O)c1cc2c(s1)CCC2. The molecule has 1 heterocycles. The van der Waals surface area contributed by atoms with Crippen LogP contribution in [0.3, 0.4) is 0 Å². The molecule has 0 bridgehead atoms. The minimum absolute atomic E-state index is 0.272. The Morgan fingerprint density at radius 3 is 2.37 bits per heavy atom. The van der Waals surface area contributed by atoms with Gasteiger partial charge in [-0.25, -0.2) is 4.79 Å². The third kappa shape index (κ3) is 4.41. The van der Waals surface area contributed by atoms with Gasteiger partial charge in [-0.05, 0) is 53.9 Å². The molecule has 3 rings (SSSR count). The minimum atomic E-state index is -0.411. The quantitative estimate of drug-likeness (QED) is 0.688. The molecule has 0 saturated heterocycles. The van der Waals surface area contributed by atoms with Gasteiger partial charge in [0.25, 0.3) is 5.91 Å². The second kappa shape index (κ2) is 8.26. The molecular weight excluding hydrogens is 358 g/mol. The van der Waals surface area contributed by atoms with Crippen LogP contribution in [0.25, 0.3) is 0 Å². The lowest BCUT2D eigenvalue weighted by Crippen LogP contribution is -2.22. The molecule has 1 aliphatic rings. The molecule has 4 nitrogen and oxygen atoms in total. The summed E-state index contributed by atoms with van der Waals surface area (Å²) in [6.45, 7) is 8.14. The highest BCUT2D eigenvalue weighted by atomic mass is 32.1. The Labute approximate surface area is 164 Å². The van der Waals surface area contributed by atoms with Crippen LogP contribution in [-0.2, 0) is 22.4 Å². The van der Waals surface area contributed by atoms with Crippen LogP contribution in [-0.4, -0.2) is 18.5 Å². The average molecular weight is 386 g/mol. The molecular formula is C22H27NO3S. The van der Waals surface area contributed by atoms with E-state index in [0.717, 1.165) is 36.1 Å². The zero-order chi connectivity index (χ0) is 19.6. The van der Waals surface area contributed by atoms with Gasteiger partial charge in [0, 0.05) is 10.6 Å². The molecule has 1 aromatic heterocycles. The Balaban J connectivity index is 1.66. The molecule has 1 aliphatic carbocycles. The number of para-hydroxylation sites is 1. The second-order valence-electron chi connectivity index (χ2n) is 7.66. The van der Waals surface area contributed by atoms with Crippen molar-refractivity contribution in [1.29, 1.82) is 0 Å². The molecule has 2 aromatic rings. The van der Waals surface area contributed by atoms with Crippen molar-refractivity contribution in [2.75, 3.05) is 11.9 Å². The first-order valence-corrected chi connectivity index (χ1v) is 10.4. The number of hydrogen-bond acceptors (Lipinski definition) is 4. The summed E-state index contributed by atoms with van der Waals surface area (Å²) in [6, 6.07) is 8.01. The van der Waals surface area contributed by atoms with Crippen LogP contribution in [0, 0.1) is 0 Å². The number of esters is 1. The second-order valence-corrected chi connectivity index (χ2v) is 8.79. The first-order valence-electron chi connectivity index (χ1n) is 9.58. The number of aryl methyl sites for hydroxylation is 2. The minimum Gasteiger partial charge on any atom is -0.451 e. The monoisotopic (exact) mass is 385 g/mol. The molecule has 1 amide bonds. The number of ether oxygens (including phenoxy) is 1. The highest BCUT2D eigenvalue weighted by Gasteiger charge is 2.21. The van der Waals surface area contributed by atoms with Gasteiger partial charge in [0.15, 0.2) is 6.61 Å². The number of fused-ring (bicyclic) bond motifs is 1. The fourth-order valence-corrected chi connectivity index (χ4v) is 4.65. The number of carbonyl (C=O) groups is 2. The normalized spacial score (nSPS) is 13.1. The maximum atomic E-state index is 12.5. The van der Waals surface area contributed by atoms with E-state index in [1.54, 1.807) is 0 Å². The smallest absolute Gasteiger partial charge is 0.348 e. The molecule has 5 heteroatoms. The van der Waals surface area contributed by atoms with Crippen LogP contribution in [0.15, 0.2) is 24.3 Å². The molecule has 0 aliphatic heterocycles. The fourth-order valence-electron chi connectivity index (χ4n) is 3.50. The number of amides is 1. The van der Waals surface area contributed by atoms with Gasteiger partial charge < -0.3 is 10.1 Å². The lowest BCUT2D eigenvalue weighted by Gasteiger charge is -2.20. The number of anilines is 1. The summed E-state index contributed by atoms with van der Waals surface area (Å²) in [6.07, 6.45) is 3.23. The van der Waals surface area contributed by atoms with Gasteiger partial charge in [-0.1, -0.05) is 45.9 Å². The van der Waals surface area contributed by atoms with Crippen molar-refractivity contribution in [1.82, 2.24) is 0 Å². The zero-order valence-electron chi connectivity index (χ0n) is 16.4. The van der Waals surface area contributed by atoms with E-state index >= 15 is 0 Å². The molecule has 0 saturated carbocycles. The lowest BCUT2D eigenvalue weighted by molar-refractivity contribution is -0.119. The van der Waals surface area contributed by atoms with Gasteiger partial charge in [0.05, 0.1) is 0 Å². The Morgan fingerprint density at radius 2 is 1.78 bits per heavy atom. The summed E-state index contributed by atoms with van der Waals surface area (Å²) in [5.74, 6) is -0.140. The van der Waals surface area contributed by atoms with E-state index in [-0.39, 0.29) is 24.3 Å². The largest absolute Gasteiger partial charge is 0.451 e. The zero-order valence-corrected chi connectivity index (χ0v) is 17.2. The number of nitrogens with one attached hydrogen (secondary N) is 1. The van der Waals surface area contributed by atoms with E-state index in [0.29, 0.717) is 4.88 Å².